The molecule has 2 saturated heterocycles. The standard InChI is InChI=1S/C20H24F3N5O2.C16H16BrN5O4/c1-2-30-19(29)14-7-9-28(10-8-14)18-16(24)17(26-12-27-18)25-11-13-3-5-15(6-4-13)20(21,22)23;17-11-1-3-12(4-2-11)20-14-13(22(25)26)15(19-9-18-14)21-7-5-10(6-8-21)16(23)24/h3-6,12,14H,2,7-11,24H2,1H3,(H,25,26,27);1-4,9-10H,5-8H2,(H,23,24)(H,18,19,20). The van der Waals surface area contributed by atoms with Crippen LogP contribution < -0.4 is 26.2 Å². The number of alkyl halides is 3. The van der Waals surface area contributed by atoms with Gasteiger partial charge in [0.25, 0.3) is 0 Å². The number of nitrogens with one attached hydrogen (secondary N) is 2. The van der Waals surface area contributed by atoms with Crippen LogP contribution in [-0.4, -0.2) is 74.7 Å². The molecule has 0 amide bonds. The molecule has 0 spiro atoms. The number of hydrogen-bond donors (Lipinski definition) is 4. The summed E-state index contributed by atoms with van der Waals surface area (Å²) in [5, 5.41) is 26.8. The second-order valence-corrected chi connectivity index (χ2v) is 13.8. The van der Waals surface area contributed by atoms with Crippen LogP contribution in [0.25, 0.3) is 0 Å². The minimum absolute atomic E-state index is 0.0997. The first kappa shape index (κ1) is 41.4. The number of nitro groups is 1. The summed E-state index contributed by atoms with van der Waals surface area (Å²) in [7, 11) is 0. The van der Waals surface area contributed by atoms with Gasteiger partial charge in [-0.15, -0.1) is 0 Å². The molecule has 0 bridgehead atoms. The van der Waals surface area contributed by atoms with Gasteiger partial charge < -0.3 is 36.0 Å². The fourth-order valence-corrected chi connectivity index (χ4v) is 6.50. The molecule has 56 heavy (non-hydrogen) atoms. The SMILES string of the molecule is CCOC(=O)C1CCN(c2ncnc(NCc3ccc(C(F)(F)F)cc3)c2N)CC1.O=C(O)C1CCN(c2ncnc(Nc3ccc(Br)cc3)c2[N+](=O)[O-])CC1. The number of aliphatic carboxylic acids is 1. The Morgan fingerprint density at radius 3 is 2.02 bits per heavy atom. The van der Waals surface area contributed by atoms with Gasteiger partial charge in [0.15, 0.2) is 11.6 Å². The predicted molar refractivity (Wildman–Crippen MR) is 205 cm³/mol. The fourth-order valence-electron chi connectivity index (χ4n) is 6.23. The van der Waals surface area contributed by atoms with Gasteiger partial charge in [-0.2, -0.15) is 13.2 Å². The van der Waals surface area contributed by atoms with Crippen molar-refractivity contribution in [3.63, 3.8) is 0 Å². The van der Waals surface area contributed by atoms with Gasteiger partial charge in [0.1, 0.15) is 18.3 Å². The van der Waals surface area contributed by atoms with E-state index in [4.69, 9.17) is 15.6 Å². The number of carbonyl (C=O) groups is 2. The number of rotatable bonds is 11. The van der Waals surface area contributed by atoms with Gasteiger partial charge >= 0.3 is 23.8 Å². The highest BCUT2D eigenvalue weighted by Crippen LogP contribution is 2.36. The quantitative estimate of drug-likeness (QED) is 0.0706. The number of nitrogens with two attached hydrogens (primary N) is 1. The molecule has 4 heterocycles. The van der Waals surface area contributed by atoms with E-state index < -0.39 is 28.6 Å². The molecule has 0 radical (unpaired) electrons. The minimum atomic E-state index is -4.36. The van der Waals surface area contributed by atoms with Crippen molar-refractivity contribution in [2.75, 3.05) is 59.0 Å². The smallest absolute Gasteiger partial charge is 0.416 e. The molecular weight excluding hydrogens is 805 g/mol. The topological polar surface area (TPSA) is 215 Å². The average molecular weight is 846 g/mol. The molecule has 2 aromatic carbocycles. The molecule has 0 aliphatic carbocycles. The Kier molecular flexibility index (Phi) is 13.8. The molecule has 4 aromatic rings. The van der Waals surface area contributed by atoms with Crippen molar-refractivity contribution in [1.29, 1.82) is 0 Å². The second-order valence-electron chi connectivity index (χ2n) is 12.9. The van der Waals surface area contributed by atoms with E-state index in [0.29, 0.717) is 87.0 Å². The number of nitrogens with zero attached hydrogens (tertiary/aromatic N) is 7. The summed E-state index contributed by atoms with van der Waals surface area (Å²) in [4.78, 5) is 54.4. The number of carbonyl (C=O) groups excluding carboxylic acids is 1. The summed E-state index contributed by atoms with van der Waals surface area (Å²) in [6, 6.07) is 12.1. The molecule has 20 heteroatoms. The number of hydrogen-bond acceptors (Lipinski definition) is 14. The van der Waals surface area contributed by atoms with Gasteiger partial charge in [-0.3, -0.25) is 19.7 Å². The van der Waals surface area contributed by atoms with Crippen molar-refractivity contribution < 1.29 is 37.5 Å². The summed E-state index contributed by atoms with van der Waals surface area (Å²) >= 11 is 3.34. The van der Waals surface area contributed by atoms with Gasteiger partial charge in [0.2, 0.25) is 11.6 Å². The van der Waals surface area contributed by atoms with Crippen LogP contribution >= 0.6 is 15.9 Å². The maximum atomic E-state index is 12.7. The Hall–Kier alpha value is -5.79. The first-order valence-corrected chi connectivity index (χ1v) is 18.5. The highest BCUT2D eigenvalue weighted by atomic mass is 79.9. The lowest BCUT2D eigenvalue weighted by Crippen LogP contribution is -2.38. The van der Waals surface area contributed by atoms with Crippen LogP contribution in [0.1, 0.15) is 43.7 Å². The number of esters is 1. The Labute approximate surface area is 328 Å². The molecular formula is C36H40BrF3N10O6. The molecule has 0 saturated carbocycles. The van der Waals surface area contributed by atoms with Crippen LogP contribution in [-0.2, 0) is 27.0 Å². The van der Waals surface area contributed by atoms with Crippen LogP contribution in [0.3, 0.4) is 0 Å². The van der Waals surface area contributed by atoms with E-state index in [1.807, 2.05) is 17.0 Å². The number of anilines is 6. The Balaban J connectivity index is 0.000000216. The summed E-state index contributed by atoms with van der Waals surface area (Å²) in [6.45, 7) is 4.44. The monoisotopic (exact) mass is 844 g/mol. The van der Waals surface area contributed by atoms with Crippen molar-refractivity contribution in [2.24, 2.45) is 11.8 Å². The Bertz CT molecular complexity index is 1980. The summed E-state index contributed by atoms with van der Waals surface area (Å²) in [5.41, 5.74) is 7.00. The van der Waals surface area contributed by atoms with Crippen LogP contribution in [0.5, 0.6) is 0 Å². The Morgan fingerprint density at radius 1 is 0.911 bits per heavy atom. The van der Waals surface area contributed by atoms with Gasteiger partial charge in [-0.05, 0) is 74.6 Å². The van der Waals surface area contributed by atoms with Gasteiger partial charge in [0, 0.05) is 42.9 Å². The third-order valence-corrected chi connectivity index (χ3v) is 9.78. The number of benzene rings is 2. The number of ether oxygens (including phenoxy) is 1. The summed E-state index contributed by atoms with van der Waals surface area (Å²) < 4.78 is 44.0. The lowest BCUT2D eigenvalue weighted by molar-refractivity contribution is -0.383. The van der Waals surface area contributed by atoms with Crippen molar-refractivity contribution in [2.45, 2.75) is 45.3 Å². The average Bonchev–Trinajstić information content (AvgIpc) is 3.18. The normalized spacial score (nSPS) is 15.0. The largest absolute Gasteiger partial charge is 0.481 e. The van der Waals surface area contributed by atoms with E-state index in [9.17, 15) is 32.9 Å². The number of piperidine rings is 2. The number of halogens is 4. The summed E-state index contributed by atoms with van der Waals surface area (Å²) in [6.07, 6.45) is 0.439. The van der Waals surface area contributed by atoms with Crippen molar-refractivity contribution in [3.8, 4) is 0 Å². The lowest BCUT2D eigenvalue weighted by atomic mass is 9.97. The van der Waals surface area contributed by atoms with Gasteiger partial charge in [-0.25, -0.2) is 19.9 Å². The highest BCUT2D eigenvalue weighted by molar-refractivity contribution is 9.10. The lowest BCUT2D eigenvalue weighted by Gasteiger charge is -2.32. The van der Waals surface area contributed by atoms with Crippen LogP contribution in [0.15, 0.2) is 65.7 Å². The molecule has 2 aliphatic rings. The third kappa shape index (κ3) is 10.7. The molecule has 298 valence electrons. The maximum absolute atomic E-state index is 12.7. The van der Waals surface area contributed by atoms with E-state index in [-0.39, 0.29) is 35.8 Å². The van der Waals surface area contributed by atoms with E-state index in [0.717, 1.165) is 16.6 Å². The molecule has 0 atom stereocenters. The molecule has 16 nitrogen and oxygen atoms in total. The predicted octanol–water partition coefficient (Wildman–Crippen LogP) is 6.66. The Morgan fingerprint density at radius 2 is 1.46 bits per heavy atom. The van der Waals surface area contributed by atoms with Crippen LogP contribution in [0, 0.1) is 22.0 Å². The first-order chi connectivity index (χ1) is 26.7. The van der Waals surface area contributed by atoms with Crippen LogP contribution in [0.2, 0.25) is 0 Å². The maximum Gasteiger partial charge on any atom is 0.416 e. The molecule has 2 aromatic heterocycles. The minimum Gasteiger partial charge on any atom is -0.481 e. The zero-order chi connectivity index (χ0) is 40.4. The number of carboxylic acid groups (broad SMARTS) is 1. The van der Waals surface area contributed by atoms with E-state index in [1.54, 1.807) is 24.0 Å². The third-order valence-electron chi connectivity index (χ3n) is 9.25. The van der Waals surface area contributed by atoms with Crippen molar-refractivity contribution >= 4 is 68.2 Å². The number of aromatic nitrogens is 4. The van der Waals surface area contributed by atoms with E-state index >= 15 is 0 Å². The second kappa shape index (κ2) is 18.7. The molecule has 5 N–H and O–H groups in total. The number of nitrogen functional groups attached to an aromatic ring is 1. The van der Waals surface area contributed by atoms with Gasteiger partial charge in [0.05, 0.1) is 28.9 Å². The zero-order valence-corrected chi connectivity index (χ0v) is 31.8. The fraction of sp³-hybridized carbons (Fsp3) is 0.389. The van der Waals surface area contributed by atoms with E-state index in [1.165, 1.54) is 24.8 Å². The highest BCUT2D eigenvalue weighted by Gasteiger charge is 2.33. The molecule has 2 aliphatic heterocycles. The molecule has 6 rings (SSSR count). The zero-order valence-electron chi connectivity index (χ0n) is 30.2. The van der Waals surface area contributed by atoms with Gasteiger partial charge in [-0.1, -0.05) is 28.1 Å². The van der Waals surface area contributed by atoms with Crippen molar-refractivity contribution in [1.82, 2.24) is 19.9 Å². The van der Waals surface area contributed by atoms with Crippen LogP contribution in [0.4, 0.5) is 53.5 Å². The molecule has 2 fully saturated rings. The molecule has 0 unspecified atom stereocenters. The number of carboxylic acids is 1. The van der Waals surface area contributed by atoms with E-state index in [2.05, 4.69) is 46.5 Å². The first-order valence-electron chi connectivity index (χ1n) is 17.7. The van der Waals surface area contributed by atoms with Crippen molar-refractivity contribution in [3.05, 3.63) is 86.9 Å². The summed E-state index contributed by atoms with van der Waals surface area (Å²) in [5.74, 6) is -0.272.